The highest BCUT2D eigenvalue weighted by Crippen LogP contribution is 2.31. The Morgan fingerprint density at radius 3 is 2.23 bits per heavy atom. The van der Waals surface area contributed by atoms with Crippen LogP contribution in [0.1, 0.15) is 10.4 Å². The van der Waals surface area contributed by atoms with Crippen molar-refractivity contribution < 1.29 is 26.4 Å². The third kappa shape index (κ3) is 5.26. The summed E-state index contributed by atoms with van der Waals surface area (Å²) >= 11 is 11.7. The number of carbonyl (C=O) groups is 1. The zero-order valence-corrected chi connectivity index (χ0v) is 15.1. The highest BCUT2D eigenvalue weighted by atomic mass is 35.5. The number of alkyl halides is 3. The predicted octanol–water partition coefficient (Wildman–Crippen LogP) is 4.09. The van der Waals surface area contributed by atoms with E-state index in [0.29, 0.717) is 0 Å². The third-order valence-corrected chi connectivity index (χ3v) is 5.27. The quantitative estimate of drug-likeness (QED) is 0.755. The van der Waals surface area contributed by atoms with Gasteiger partial charge < -0.3 is 5.32 Å². The van der Waals surface area contributed by atoms with Gasteiger partial charge in [-0.3, -0.25) is 9.52 Å². The van der Waals surface area contributed by atoms with E-state index in [1.165, 1.54) is 18.2 Å². The number of rotatable bonds is 5. The van der Waals surface area contributed by atoms with Crippen LogP contribution in [-0.2, 0) is 10.0 Å². The van der Waals surface area contributed by atoms with E-state index in [2.05, 4.69) is 4.72 Å². The van der Waals surface area contributed by atoms with Gasteiger partial charge in [0, 0.05) is 5.56 Å². The number of carbonyl (C=O) groups excluding carboxylic acids is 1. The van der Waals surface area contributed by atoms with Crippen molar-refractivity contribution in [2.24, 2.45) is 0 Å². The van der Waals surface area contributed by atoms with Crippen molar-refractivity contribution in [2.75, 3.05) is 11.3 Å². The van der Waals surface area contributed by atoms with Gasteiger partial charge in [0.2, 0.25) is 0 Å². The Bertz CT molecular complexity index is 917. The summed E-state index contributed by atoms with van der Waals surface area (Å²) in [5.74, 6) is -0.975. The molecule has 140 valence electrons. The standard InChI is InChI=1S/C15H11Cl2F3N2O3S/c16-11-2-1-3-12(13(11)17)22-26(24,25)10-6-4-9(5-7-10)14(23)21-8-15(18,19)20/h1-7,22H,8H2,(H,21,23). The molecule has 0 aliphatic rings. The van der Waals surface area contributed by atoms with Gasteiger partial charge in [0.1, 0.15) is 6.54 Å². The van der Waals surface area contributed by atoms with Crippen LogP contribution >= 0.6 is 23.2 Å². The van der Waals surface area contributed by atoms with Gasteiger partial charge in [-0.05, 0) is 36.4 Å². The molecule has 0 aliphatic carbocycles. The van der Waals surface area contributed by atoms with Crippen molar-refractivity contribution in [3.05, 3.63) is 58.1 Å². The summed E-state index contributed by atoms with van der Waals surface area (Å²) in [6.07, 6.45) is -4.54. The van der Waals surface area contributed by atoms with Crippen molar-refractivity contribution in [3.63, 3.8) is 0 Å². The number of amides is 1. The van der Waals surface area contributed by atoms with Gasteiger partial charge in [-0.2, -0.15) is 13.2 Å². The fourth-order valence-corrected chi connectivity index (χ4v) is 3.33. The maximum atomic E-state index is 12.3. The van der Waals surface area contributed by atoms with E-state index < -0.39 is 28.7 Å². The lowest BCUT2D eigenvalue weighted by Gasteiger charge is -2.11. The lowest BCUT2D eigenvalue weighted by molar-refractivity contribution is -0.123. The predicted molar refractivity (Wildman–Crippen MR) is 92.1 cm³/mol. The van der Waals surface area contributed by atoms with E-state index in [0.717, 1.165) is 24.3 Å². The number of benzene rings is 2. The van der Waals surface area contributed by atoms with Crippen LogP contribution < -0.4 is 10.0 Å². The SMILES string of the molecule is O=C(NCC(F)(F)F)c1ccc(S(=O)(=O)Nc2cccc(Cl)c2Cl)cc1. The van der Waals surface area contributed by atoms with Crippen LogP contribution in [0, 0.1) is 0 Å². The molecule has 0 unspecified atom stereocenters. The normalized spacial score (nSPS) is 11.9. The first-order valence-electron chi connectivity index (χ1n) is 6.91. The molecule has 0 bridgehead atoms. The van der Waals surface area contributed by atoms with Gasteiger partial charge in [-0.1, -0.05) is 29.3 Å². The van der Waals surface area contributed by atoms with Gasteiger partial charge in [-0.25, -0.2) is 8.42 Å². The smallest absolute Gasteiger partial charge is 0.343 e. The summed E-state index contributed by atoms with van der Waals surface area (Å²) < 4.78 is 63.2. The second kappa shape index (κ2) is 7.73. The van der Waals surface area contributed by atoms with Crippen LogP contribution in [0.5, 0.6) is 0 Å². The molecule has 1 amide bonds. The summed E-state index contributed by atoms with van der Waals surface area (Å²) in [5, 5.41) is 1.86. The number of sulfonamides is 1. The number of anilines is 1. The van der Waals surface area contributed by atoms with Crippen molar-refractivity contribution in [1.29, 1.82) is 0 Å². The van der Waals surface area contributed by atoms with E-state index in [4.69, 9.17) is 23.2 Å². The molecule has 11 heteroatoms. The van der Waals surface area contributed by atoms with E-state index in [9.17, 15) is 26.4 Å². The average molecular weight is 427 g/mol. The van der Waals surface area contributed by atoms with Gasteiger partial charge in [0.15, 0.2) is 0 Å². The molecular weight excluding hydrogens is 416 g/mol. The third-order valence-electron chi connectivity index (χ3n) is 3.07. The topological polar surface area (TPSA) is 75.3 Å². The molecule has 0 aliphatic heterocycles. The molecule has 0 fully saturated rings. The molecule has 0 saturated carbocycles. The molecule has 2 aromatic carbocycles. The molecule has 0 heterocycles. The van der Waals surface area contributed by atoms with Crippen LogP contribution in [0.2, 0.25) is 10.0 Å². The molecule has 5 nitrogen and oxygen atoms in total. The lowest BCUT2D eigenvalue weighted by Crippen LogP contribution is -2.33. The highest BCUT2D eigenvalue weighted by molar-refractivity contribution is 7.92. The number of nitrogens with one attached hydrogen (secondary N) is 2. The fourth-order valence-electron chi connectivity index (χ4n) is 1.85. The van der Waals surface area contributed by atoms with Crippen LogP contribution in [0.4, 0.5) is 18.9 Å². The summed E-state index contributed by atoms with van der Waals surface area (Å²) in [6, 6.07) is 8.76. The van der Waals surface area contributed by atoms with E-state index in [1.54, 1.807) is 5.32 Å². The Labute approximate surface area is 157 Å². The Morgan fingerprint density at radius 1 is 1.04 bits per heavy atom. The van der Waals surface area contributed by atoms with Crippen LogP contribution in [0.15, 0.2) is 47.4 Å². The number of halogens is 5. The molecule has 2 aromatic rings. The summed E-state index contributed by atoms with van der Waals surface area (Å²) in [4.78, 5) is 11.4. The van der Waals surface area contributed by atoms with Crippen molar-refractivity contribution >= 4 is 44.8 Å². The molecule has 0 aromatic heterocycles. The highest BCUT2D eigenvalue weighted by Gasteiger charge is 2.28. The minimum atomic E-state index is -4.54. The zero-order chi connectivity index (χ0) is 19.5. The second-order valence-electron chi connectivity index (χ2n) is 5.03. The average Bonchev–Trinajstić information content (AvgIpc) is 2.56. The van der Waals surface area contributed by atoms with Crippen LogP contribution in [-0.4, -0.2) is 27.0 Å². The van der Waals surface area contributed by atoms with Crippen molar-refractivity contribution in [1.82, 2.24) is 5.32 Å². The van der Waals surface area contributed by atoms with Gasteiger partial charge in [0.25, 0.3) is 15.9 Å². The Hall–Kier alpha value is -1.97. The first-order chi connectivity index (χ1) is 12.0. The monoisotopic (exact) mass is 426 g/mol. The lowest BCUT2D eigenvalue weighted by atomic mass is 10.2. The summed E-state index contributed by atoms with van der Waals surface area (Å²) in [6.45, 7) is -1.49. The molecule has 0 saturated heterocycles. The minimum Gasteiger partial charge on any atom is -0.343 e. The molecular formula is C15H11Cl2F3N2O3S. The van der Waals surface area contributed by atoms with Crippen LogP contribution in [0.3, 0.4) is 0 Å². The maximum Gasteiger partial charge on any atom is 0.405 e. The largest absolute Gasteiger partial charge is 0.405 e. The van der Waals surface area contributed by atoms with Gasteiger partial charge in [0.05, 0.1) is 20.6 Å². The Kier molecular flexibility index (Phi) is 6.05. The van der Waals surface area contributed by atoms with Crippen molar-refractivity contribution in [2.45, 2.75) is 11.1 Å². The van der Waals surface area contributed by atoms with Crippen LogP contribution in [0.25, 0.3) is 0 Å². The van der Waals surface area contributed by atoms with E-state index >= 15 is 0 Å². The summed E-state index contributed by atoms with van der Waals surface area (Å²) in [7, 11) is -4.04. The van der Waals surface area contributed by atoms with Gasteiger partial charge >= 0.3 is 6.18 Å². The molecule has 26 heavy (non-hydrogen) atoms. The zero-order valence-electron chi connectivity index (χ0n) is 12.8. The second-order valence-corrected chi connectivity index (χ2v) is 7.50. The van der Waals surface area contributed by atoms with E-state index in [1.807, 2.05) is 0 Å². The molecule has 0 radical (unpaired) electrons. The summed E-state index contributed by atoms with van der Waals surface area (Å²) in [5.41, 5.74) is -0.0554. The first kappa shape index (κ1) is 20.3. The molecule has 2 N–H and O–H groups in total. The fraction of sp³-hybridized carbons (Fsp3) is 0.133. The van der Waals surface area contributed by atoms with E-state index in [-0.39, 0.29) is 26.2 Å². The Balaban J connectivity index is 2.16. The number of hydrogen-bond acceptors (Lipinski definition) is 3. The minimum absolute atomic E-state index is 0.0147. The molecule has 2 rings (SSSR count). The Morgan fingerprint density at radius 2 is 1.65 bits per heavy atom. The maximum absolute atomic E-state index is 12.3. The molecule has 0 atom stereocenters. The number of hydrogen-bond donors (Lipinski definition) is 2. The molecule has 0 spiro atoms. The van der Waals surface area contributed by atoms with Gasteiger partial charge in [-0.15, -0.1) is 0 Å². The van der Waals surface area contributed by atoms with Crippen molar-refractivity contribution in [3.8, 4) is 0 Å². The first-order valence-corrected chi connectivity index (χ1v) is 9.15.